The first kappa shape index (κ1) is 16.8. The normalized spacial score (nSPS) is 11.8. The number of rotatable bonds is 4. The number of halogens is 1. The van der Waals surface area contributed by atoms with Crippen LogP contribution >= 0.6 is 11.6 Å². The molecule has 0 saturated heterocycles. The fourth-order valence-corrected chi connectivity index (χ4v) is 1.71. The average Bonchev–Trinajstić information content (AvgIpc) is 2.34. The van der Waals surface area contributed by atoms with Gasteiger partial charge in [-0.2, -0.15) is 0 Å². The maximum Gasteiger partial charge on any atom is 0.342 e. The predicted octanol–water partition coefficient (Wildman–Crippen LogP) is 1.42. The standard InChI is InChI=1S/C13H15ClN2O5/c1-6(2)10(11(18)16-13(15)20)21-12(19)8-4-3-7(14)5-9(8)17/h3-6,10,17H,1-2H3,(H3,15,16,18,20)/t10-/m1/s1. The van der Waals surface area contributed by atoms with Crippen molar-refractivity contribution in [3.05, 3.63) is 28.8 Å². The highest BCUT2D eigenvalue weighted by Crippen LogP contribution is 2.23. The van der Waals surface area contributed by atoms with Gasteiger partial charge in [-0.05, 0) is 24.1 Å². The van der Waals surface area contributed by atoms with Crippen LogP contribution in [0.5, 0.6) is 5.75 Å². The van der Waals surface area contributed by atoms with Crippen molar-refractivity contribution in [3.63, 3.8) is 0 Å². The van der Waals surface area contributed by atoms with Gasteiger partial charge in [0.05, 0.1) is 0 Å². The van der Waals surface area contributed by atoms with E-state index in [2.05, 4.69) is 0 Å². The van der Waals surface area contributed by atoms with Gasteiger partial charge in [0, 0.05) is 5.02 Å². The van der Waals surface area contributed by atoms with Crippen LogP contribution in [0, 0.1) is 5.92 Å². The van der Waals surface area contributed by atoms with Gasteiger partial charge in [-0.1, -0.05) is 25.4 Å². The molecular weight excluding hydrogens is 300 g/mol. The number of urea groups is 1. The van der Waals surface area contributed by atoms with Crippen molar-refractivity contribution in [2.24, 2.45) is 11.7 Å². The molecule has 1 aromatic rings. The van der Waals surface area contributed by atoms with Gasteiger partial charge in [-0.25, -0.2) is 9.59 Å². The number of esters is 1. The Balaban J connectivity index is 2.91. The first-order valence-electron chi connectivity index (χ1n) is 6.02. The molecule has 114 valence electrons. The van der Waals surface area contributed by atoms with E-state index in [1.807, 2.05) is 5.32 Å². The number of nitrogens with one attached hydrogen (secondary N) is 1. The van der Waals surface area contributed by atoms with E-state index >= 15 is 0 Å². The summed E-state index contributed by atoms with van der Waals surface area (Å²) in [6, 6.07) is 2.79. The maximum absolute atomic E-state index is 12.0. The summed E-state index contributed by atoms with van der Waals surface area (Å²) in [6.07, 6.45) is -1.22. The number of primary amides is 1. The second kappa shape index (κ2) is 6.94. The Hall–Kier alpha value is -2.28. The Kier molecular flexibility index (Phi) is 5.54. The quantitative estimate of drug-likeness (QED) is 0.726. The van der Waals surface area contributed by atoms with Crippen LogP contribution in [-0.2, 0) is 9.53 Å². The fourth-order valence-electron chi connectivity index (χ4n) is 1.54. The van der Waals surface area contributed by atoms with E-state index < -0.39 is 29.9 Å². The average molecular weight is 315 g/mol. The van der Waals surface area contributed by atoms with Gasteiger partial charge < -0.3 is 15.6 Å². The molecule has 7 nitrogen and oxygen atoms in total. The number of carbonyl (C=O) groups excluding carboxylic acids is 3. The van der Waals surface area contributed by atoms with Crippen LogP contribution in [0.3, 0.4) is 0 Å². The SMILES string of the molecule is CC(C)[C@@H](OC(=O)c1ccc(Cl)cc1O)C(=O)NC(N)=O. The summed E-state index contributed by atoms with van der Waals surface area (Å²) in [5.74, 6) is -2.52. The number of imide groups is 1. The minimum absolute atomic E-state index is 0.142. The highest BCUT2D eigenvalue weighted by Gasteiger charge is 2.28. The van der Waals surface area contributed by atoms with E-state index in [1.54, 1.807) is 13.8 Å². The smallest absolute Gasteiger partial charge is 0.342 e. The van der Waals surface area contributed by atoms with Crippen LogP contribution in [0.15, 0.2) is 18.2 Å². The Bertz CT molecular complexity index is 574. The van der Waals surface area contributed by atoms with Gasteiger partial charge >= 0.3 is 12.0 Å². The van der Waals surface area contributed by atoms with Gasteiger partial charge in [-0.3, -0.25) is 10.1 Å². The monoisotopic (exact) mass is 314 g/mol. The molecule has 0 aromatic heterocycles. The zero-order valence-corrected chi connectivity index (χ0v) is 12.2. The molecule has 8 heteroatoms. The summed E-state index contributed by atoms with van der Waals surface area (Å²) >= 11 is 5.66. The largest absolute Gasteiger partial charge is 0.507 e. The third kappa shape index (κ3) is 4.64. The van der Waals surface area contributed by atoms with E-state index in [1.165, 1.54) is 18.2 Å². The zero-order valence-electron chi connectivity index (χ0n) is 11.4. The summed E-state index contributed by atoms with van der Waals surface area (Å²) in [5.41, 5.74) is 4.71. The molecule has 0 aliphatic rings. The molecule has 0 radical (unpaired) electrons. The number of ether oxygens (including phenoxy) is 1. The zero-order chi connectivity index (χ0) is 16.2. The molecular formula is C13H15ClN2O5. The Labute approximate surface area is 126 Å². The molecule has 0 bridgehead atoms. The van der Waals surface area contributed by atoms with Gasteiger partial charge in [-0.15, -0.1) is 0 Å². The van der Waals surface area contributed by atoms with E-state index in [4.69, 9.17) is 22.1 Å². The molecule has 0 fully saturated rings. The first-order valence-corrected chi connectivity index (χ1v) is 6.40. The van der Waals surface area contributed by atoms with Crippen LogP contribution in [0.25, 0.3) is 0 Å². The molecule has 0 unspecified atom stereocenters. The lowest BCUT2D eigenvalue weighted by Crippen LogP contribution is -2.45. The van der Waals surface area contributed by atoms with E-state index in [-0.39, 0.29) is 16.3 Å². The molecule has 0 aliphatic heterocycles. The molecule has 21 heavy (non-hydrogen) atoms. The number of benzene rings is 1. The minimum Gasteiger partial charge on any atom is -0.507 e. The molecule has 0 spiro atoms. The van der Waals surface area contributed by atoms with Crippen LogP contribution in [-0.4, -0.2) is 29.1 Å². The van der Waals surface area contributed by atoms with Crippen molar-refractivity contribution in [1.29, 1.82) is 0 Å². The number of carbonyl (C=O) groups is 3. The van der Waals surface area contributed by atoms with Gasteiger partial charge in [0.2, 0.25) is 0 Å². The third-order valence-corrected chi connectivity index (χ3v) is 2.76. The van der Waals surface area contributed by atoms with Crippen molar-refractivity contribution in [3.8, 4) is 5.75 Å². The highest BCUT2D eigenvalue weighted by molar-refractivity contribution is 6.30. The van der Waals surface area contributed by atoms with E-state index in [9.17, 15) is 19.5 Å². The van der Waals surface area contributed by atoms with Crippen LogP contribution < -0.4 is 11.1 Å². The summed E-state index contributed by atoms with van der Waals surface area (Å²) in [4.78, 5) is 34.4. The molecule has 4 N–H and O–H groups in total. The number of hydrogen-bond donors (Lipinski definition) is 3. The lowest BCUT2D eigenvalue weighted by atomic mass is 10.1. The number of nitrogens with two attached hydrogens (primary N) is 1. The van der Waals surface area contributed by atoms with Crippen molar-refractivity contribution in [1.82, 2.24) is 5.32 Å². The van der Waals surface area contributed by atoms with Gasteiger partial charge in [0.1, 0.15) is 11.3 Å². The number of phenolic OH excluding ortho intramolecular Hbond substituents is 1. The molecule has 1 atom stereocenters. The molecule has 0 aliphatic carbocycles. The molecule has 3 amide bonds. The summed E-state index contributed by atoms with van der Waals surface area (Å²) in [7, 11) is 0. The Morgan fingerprint density at radius 1 is 1.33 bits per heavy atom. The van der Waals surface area contributed by atoms with Crippen molar-refractivity contribution in [2.75, 3.05) is 0 Å². The number of aromatic hydroxyl groups is 1. The highest BCUT2D eigenvalue weighted by atomic mass is 35.5. The molecule has 1 aromatic carbocycles. The molecule has 0 saturated carbocycles. The second-order valence-corrected chi connectivity index (χ2v) is 5.02. The lowest BCUT2D eigenvalue weighted by molar-refractivity contribution is -0.130. The summed E-state index contributed by atoms with van der Waals surface area (Å²) < 4.78 is 5.02. The Morgan fingerprint density at radius 2 is 1.95 bits per heavy atom. The third-order valence-electron chi connectivity index (χ3n) is 2.52. The van der Waals surface area contributed by atoms with Gasteiger partial charge in [0.25, 0.3) is 5.91 Å². The van der Waals surface area contributed by atoms with Crippen LogP contribution in [0.1, 0.15) is 24.2 Å². The van der Waals surface area contributed by atoms with Crippen LogP contribution in [0.4, 0.5) is 4.79 Å². The van der Waals surface area contributed by atoms with E-state index in [0.717, 1.165) is 0 Å². The predicted molar refractivity (Wildman–Crippen MR) is 74.9 cm³/mol. The van der Waals surface area contributed by atoms with Crippen molar-refractivity contribution >= 4 is 29.5 Å². The lowest BCUT2D eigenvalue weighted by Gasteiger charge is -2.20. The number of hydrogen-bond acceptors (Lipinski definition) is 5. The summed E-state index contributed by atoms with van der Waals surface area (Å²) in [6.45, 7) is 3.25. The second-order valence-electron chi connectivity index (χ2n) is 4.58. The van der Waals surface area contributed by atoms with Crippen molar-refractivity contribution < 1.29 is 24.2 Å². The molecule has 0 heterocycles. The minimum atomic E-state index is -1.22. The topological polar surface area (TPSA) is 119 Å². The number of phenols is 1. The fraction of sp³-hybridized carbons (Fsp3) is 0.308. The maximum atomic E-state index is 12.0. The first-order chi connectivity index (χ1) is 9.72. The Morgan fingerprint density at radius 3 is 2.43 bits per heavy atom. The van der Waals surface area contributed by atoms with E-state index in [0.29, 0.717) is 0 Å². The van der Waals surface area contributed by atoms with Crippen molar-refractivity contribution in [2.45, 2.75) is 20.0 Å². The van der Waals surface area contributed by atoms with Crippen LogP contribution in [0.2, 0.25) is 5.02 Å². The molecule has 1 rings (SSSR count). The summed E-state index contributed by atoms with van der Waals surface area (Å²) in [5, 5.41) is 11.7. The van der Waals surface area contributed by atoms with Gasteiger partial charge in [0.15, 0.2) is 6.10 Å². The number of amides is 3.